The van der Waals surface area contributed by atoms with Crippen LogP contribution in [-0.2, 0) is 0 Å². The fourth-order valence-electron chi connectivity index (χ4n) is 0.760. The molecule has 0 radical (unpaired) electrons. The summed E-state index contributed by atoms with van der Waals surface area (Å²) in [4.78, 5) is 14.9. The molecule has 11 heavy (non-hydrogen) atoms. The van der Waals surface area contributed by atoms with Crippen LogP contribution in [0, 0.1) is 0 Å². The smallest absolute Gasteiger partial charge is 0.252 e. The Bertz CT molecular complexity index is 238. The van der Waals surface area contributed by atoms with Gasteiger partial charge in [0, 0.05) is 20.4 Å². The third kappa shape index (κ3) is 2.04. The van der Waals surface area contributed by atoms with Crippen LogP contribution in [0.25, 0.3) is 0 Å². The number of nitrogens with one attached hydrogen (secondary N) is 1. The van der Waals surface area contributed by atoms with Gasteiger partial charge in [-0.25, -0.2) is 0 Å². The van der Waals surface area contributed by atoms with Gasteiger partial charge in [0.2, 0.25) is 0 Å². The molecule has 60 valence electrons. The summed E-state index contributed by atoms with van der Waals surface area (Å²) in [6.07, 6.45) is 3.19. The number of aromatic nitrogens is 1. The maximum Gasteiger partial charge on any atom is 0.252 e. The Morgan fingerprint density at radius 2 is 2.64 bits per heavy atom. The molecule has 3 nitrogen and oxygen atoms in total. The van der Waals surface area contributed by atoms with Gasteiger partial charge in [0.15, 0.2) is 0 Å². The van der Waals surface area contributed by atoms with Crippen molar-refractivity contribution < 1.29 is 6.22 Å². The lowest BCUT2D eigenvalue weighted by Gasteiger charge is -1.99. The maximum absolute atomic E-state index is 11.1. The molecule has 0 saturated carbocycles. The summed E-state index contributed by atoms with van der Waals surface area (Å²) in [7, 11) is 0. The Hall–Kier alpha value is -1.38. The molecule has 0 aliphatic heterocycles. The minimum atomic E-state index is -0.0689. The average molecular weight is 152 g/mol. The van der Waals surface area contributed by atoms with E-state index in [2.05, 4.69) is 10.3 Å². The number of rotatable bonds is 2. The van der Waals surface area contributed by atoms with E-state index in [9.17, 15) is 4.79 Å². The van der Waals surface area contributed by atoms with E-state index < -0.39 is 0 Å². The Labute approximate surface area is 66.9 Å². The normalized spacial score (nSPS) is 9.18. The minimum Gasteiger partial charge on any atom is -0.352 e. The summed E-state index contributed by atoms with van der Waals surface area (Å²) in [5.41, 5.74) is 0.606. The Morgan fingerprint density at radius 3 is 3.18 bits per heavy atom. The average Bonchev–Trinajstić information content (AvgIpc) is 2.07. The van der Waals surface area contributed by atoms with Gasteiger partial charge >= 0.3 is 0 Å². The molecular formula is C8H12N2O. The van der Waals surface area contributed by atoms with E-state index in [1.807, 2.05) is 6.92 Å². The number of nitrogens with zero attached hydrogens (tertiary/aromatic N) is 1. The van der Waals surface area contributed by atoms with Crippen LogP contribution < -0.4 is 5.32 Å². The Balaban J connectivity index is 0.00000121. The fraction of sp³-hybridized carbons (Fsp3) is 0.250. The van der Waals surface area contributed by atoms with Gasteiger partial charge in [-0.1, -0.05) is 0 Å². The van der Waals surface area contributed by atoms with Crippen molar-refractivity contribution in [2.75, 3.05) is 6.54 Å². The Kier molecular flexibility index (Phi) is 2.60. The van der Waals surface area contributed by atoms with Gasteiger partial charge in [0.25, 0.3) is 5.91 Å². The van der Waals surface area contributed by atoms with Gasteiger partial charge in [-0.15, -0.1) is 0 Å². The molecule has 1 amide bonds. The summed E-state index contributed by atoms with van der Waals surface area (Å²) in [6.45, 7) is 2.53. The lowest BCUT2D eigenvalue weighted by molar-refractivity contribution is 0.0955. The number of amides is 1. The van der Waals surface area contributed by atoms with E-state index in [0.29, 0.717) is 12.1 Å². The second-order valence-electron chi connectivity index (χ2n) is 2.10. The van der Waals surface area contributed by atoms with Crippen molar-refractivity contribution in [3.8, 4) is 0 Å². The molecule has 0 aliphatic carbocycles. The lowest BCUT2D eigenvalue weighted by Crippen LogP contribution is -2.22. The predicted molar refractivity (Wildman–Crippen MR) is 44.4 cm³/mol. The van der Waals surface area contributed by atoms with Crippen LogP contribution in [0.5, 0.6) is 0 Å². The number of pyridine rings is 1. The van der Waals surface area contributed by atoms with Gasteiger partial charge in [-0.3, -0.25) is 9.78 Å². The highest BCUT2D eigenvalue weighted by molar-refractivity contribution is 5.93. The zero-order chi connectivity index (χ0) is 8.10. The summed E-state index contributed by atoms with van der Waals surface area (Å²) < 4.78 is 0. The van der Waals surface area contributed by atoms with Crippen LogP contribution in [0.1, 0.15) is 18.7 Å². The van der Waals surface area contributed by atoms with E-state index in [-0.39, 0.29) is 7.33 Å². The minimum absolute atomic E-state index is 0. The molecule has 1 heterocycles. The molecule has 0 saturated heterocycles. The van der Waals surface area contributed by atoms with E-state index in [4.69, 9.17) is 0 Å². The van der Waals surface area contributed by atoms with Crippen LogP contribution in [0.2, 0.25) is 0 Å². The highest BCUT2D eigenvalue weighted by Crippen LogP contribution is 1.93. The quantitative estimate of drug-likeness (QED) is 0.689. The monoisotopic (exact) mass is 152 g/mol. The van der Waals surface area contributed by atoms with Gasteiger partial charge in [-0.05, 0) is 19.1 Å². The second kappa shape index (κ2) is 3.71. The Morgan fingerprint density at radius 1 is 1.82 bits per heavy atom. The zero-order valence-electron chi connectivity index (χ0n) is 6.37. The van der Waals surface area contributed by atoms with Gasteiger partial charge in [0.05, 0.1) is 5.56 Å². The molecule has 0 spiro atoms. The standard InChI is InChI=1S/C8H10N2O.H2/c1-2-10-8(11)7-4-3-5-9-6-7;/h3-6H,2H2,1H3,(H,10,11);1H. The largest absolute Gasteiger partial charge is 0.352 e. The molecule has 1 aromatic heterocycles. The molecule has 0 fully saturated rings. The third-order valence-electron chi connectivity index (χ3n) is 1.26. The van der Waals surface area contributed by atoms with Crippen molar-refractivity contribution in [3.05, 3.63) is 30.1 Å². The predicted octanol–water partition coefficient (Wildman–Crippen LogP) is 1.08. The summed E-state index contributed by atoms with van der Waals surface area (Å²) >= 11 is 0. The molecule has 0 unspecified atom stereocenters. The van der Waals surface area contributed by atoms with Crippen LogP contribution >= 0.6 is 0 Å². The van der Waals surface area contributed by atoms with Crippen molar-refractivity contribution in [1.82, 2.24) is 10.3 Å². The lowest BCUT2D eigenvalue weighted by atomic mass is 10.3. The van der Waals surface area contributed by atoms with E-state index in [1.165, 1.54) is 0 Å². The van der Waals surface area contributed by atoms with E-state index >= 15 is 0 Å². The van der Waals surface area contributed by atoms with E-state index in [1.54, 1.807) is 24.5 Å². The first-order chi connectivity index (χ1) is 5.34. The summed E-state index contributed by atoms with van der Waals surface area (Å²) in [5.74, 6) is -0.0689. The molecule has 3 heteroatoms. The molecule has 1 aromatic rings. The van der Waals surface area contributed by atoms with E-state index in [0.717, 1.165) is 0 Å². The second-order valence-corrected chi connectivity index (χ2v) is 2.10. The van der Waals surface area contributed by atoms with Crippen LogP contribution in [-0.4, -0.2) is 17.4 Å². The van der Waals surface area contributed by atoms with Crippen LogP contribution in [0.15, 0.2) is 24.5 Å². The van der Waals surface area contributed by atoms with Gasteiger partial charge in [0.1, 0.15) is 0 Å². The molecule has 1 N–H and O–H groups in total. The highest BCUT2D eigenvalue weighted by Gasteiger charge is 2.00. The summed E-state index contributed by atoms with van der Waals surface area (Å²) in [6, 6.07) is 3.47. The number of hydrogen-bond acceptors (Lipinski definition) is 2. The molecule has 0 atom stereocenters. The first-order valence-corrected chi connectivity index (χ1v) is 3.53. The van der Waals surface area contributed by atoms with Gasteiger partial charge in [-0.2, -0.15) is 0 Å². The SMILES string of the molecule is CCNC(=O)c1cccnc1.[HH]. The molecule has 0 aromatic carbocycles. The van der Waals surface area contributed by atoms with Crippen LogP contribution in [0.3, 0.4) is 0 Å². The van der Waals surface area contributed by atoms with Crippen molar-refractivity contribution in [1.29, 1.82) is 0 Å². The maximum atomic E-state index is 11.1. The van der Waals surface area contributed by atoms with Crippen molar-refractivity contribution in [2.24, 2.45) is 0 Å². The number of hydrogen-bond donors (Lipinski definition) is 1. The molecule has 0 aliphatic rings. The van der Waals surface area contributed by atoms with Crippen molar-refractivity contribution in [2.45, 2.75) is 6.92 Å². The molecule has 1 rings (SSSR count). The third-order valence-corrected chi connectivity index (χ3v) is 1.26. The summed E-state index contributed by atoms with van der Waals surface area (Å²) in [5, 5.41) is 2.68. The highest BCUT2D eigenvalue weighted by atomic mass is 16.1. The topological polar surface area (TPSA) is 42.0 Å². The first-order valence-electron chi connectivity index (χ1n) is 3.53. The molecule has 0 bridgehead atoms. The van der Waals surface area contributed by atoms with Gasteiger partial charge < -0.3 is 5.32 Å². The first kappa shape index (κ1) is 7.72. The fourth-order valence-corrected chi connectivity index (χ4v) is 0.760. The van der Waals surface area contributed by atoms with Crippen LogP contribution in [0.4, 0.5) is 0 Å². The zero-order valence-corrected chi connectivity index (χ0v) is 6.37. The van der Waals surface area contributed by atoms with Crippen molar-refractivity contribution in [3.63, 3.8) is 0 Å². The number of carbonyl (C=O) groups is 1. The molecular weight excluding hydrogens is 140 g/mol. The van der Waals surface area contributed by atoms with Crippen molar-refractivity contribution >= 4 is 5.91 Å². The number of carbonyl (C=O) groups excluding carboxylic acids is 1.